The largest absolute Gasteiger partial charge is 0.384 e. The molecule has 1 fully saturated rings. The van der Waals surface area contributed by atoms with Crippen molar-refractivity contribution in [1.29, 1.82) is 5.41 Å². The maximum atomic E-state index is 14.0. The van der Waals surface area contributed by atoms with Crippen LogP contribution >= 0.6 is 0 Å². The number of amides is 4. The van der Waals surface area contributed by atoms with Gasteiger partial charge >= 0.3 is 6.03 Å². The predicted octanol–water partition coefficient (Wildman–Crippen LogP) is 4.10. The van der Waals surface area contributed by atoms with Crippen molar-refractivity contribution >= 4 is 34.5 Å². The van der Waals surface area contributed by atoms with Crippen LogP contribution in [0, 0.1) is 5.41 Å². The van der Waals surface area contributed by atoms with Crippen molar-refractivity contribution in [3.63, 3.8) is 0 Å². The highest BCUT2D eigenvalue weighted by atomic mass is 16.2. The number of carbonyl (C=O) groups is 3. The third-order valence-electron chi connectivity index (χ3n) is 7.13. The molecule has 4 aromatic rings. The van der Waals surface area contributed by atoms with Gasteiger partial charge in [0, 0.05) is 17.7 Å². The van der Waals surface area contributed by atoms with Gasteiger partial charge in [0.2, 0.25) is 5.91 Å². The molecule has 1 aliphatic rings. The zero-order chi connectivity index (χ0) is 27.0. The number of nitrogens with zero attached hydrogens (tertiary/aromatic N) is 2. The fourth-order valence-electron chi connectivity index (χ4n) is 4.92. The lowest BCUT2D eigenvalue weighted by molar-refractivity contribution is -0.133. The van der Waals surface area contributed by atoms with Crippen LogP contribution in [0.15, 0.2) is 91.0 Å². The van der Waals surface area contributed by atoms with E-state index in [1.54, 1.807) is 42.2 Å². The molecule has 4 amide bonds. The van der Waals surface area contributed by atoms with Crippen LogP contribution in [-0.2, 0) is 23.4 Å². The van der Waals surface area contributed by atoms with Gasteiger partial charge in [-0.15, -0.1) is 0 Å². The predicted molar refractivity (Wildman–Crippen MR) is 145 cm³/mol. The van der Waals surface area contributed by atoms with E-state index in [0.29, 0.717) is 16.7 Å². The average molecular weight is 506 g/mol. The Morgan fingerprint density at radius 3 is 2.11 bits per heavy atom. The van der Waals surface area contributed by atoms with Gasteiger partial charge in [-0.2, -0.15) is 0 Å². The Morgan fingerprint density at radius 2 is 1.45 bits per heavy atom. The van der Waals surface area contributed by atoms with Crippen molar-refractivity contribution in [3.8, 4) is 0 Å². The molecule has 8 nitrogen and oxygen atoms in total. The number of imide groups is 1. The number of amidine groups is 1. The molecule has 1 atom stereocenters. The molecule has 5 N–H and O–H groups in total. The molecule has 0 aromatic heterocycles. The number of benzene rings is 4. The first-order valence-electron chi connectivity index (χ1n) is 12.1. The molecule has 1 aliphatic heterocycles. The van der Waals surface area contributed by atoms with Crippen molar-refractivity contribution in [2.75, 3.05) is 0 Å². The van der Waals surface area contributed by atoms with Crippen LogP contribution in [0.4, 0.5) is 4.79 Å². The lowest BCUT2D eigenvalue weighted by Gasteiger charge is -2.32. The molecule has 0 aliphatic carbocycles. The number of nitrogens with one attached hydrogen (secondary N) is 1. The number of rotatable bonds is 7. The zero-order valence-electron chi connectivity index (χ0n) is 20.8. The van der Waals surface area contributed by atoms with E-state index >= 15 is 0 Å². The smallest absolute Gasteiger partial charge is 0.328 e. The van der Waals surface area contributed by atoms with Crippen molar-refractivity contribution in [2.24, 2.45) is 11.5 Å². The third kappa shape index (κ3) is 4.26. The Bertz CT molecular complexity index is 1580. The van der Waals surface area contributed by atoms with Gasteiger partial charge in [0.25, 0.3) is 5.91 Å². The summed E-state index contributed by atoms with van der Waals surface area (Å²) in [5, 5.41) is 9.55. The molecule has 0 bridgehead atoms. The monoisotopic (exact) mass is 505 g/mol. The lowest BCUT2D eigenvalue weighted by Crippen LogP contribution is -2.44. The Labute approximate surface area is 220 Å². The molecular weight excluding hydrogens is 478 g/mol. The Kier molecular flexibility index (Phi) is 6.16. The number of hydrogen-bond acceptors (Lipinski definition) is 4. The van der Waals surface area contributed by atoms with Crippen LogP contribution in [0.5, 0.6) is 0 Å². The summed E-state index contributed by atoms with van der Waals surface area (Å²) < 4.78 is 0. The fourth-order valence-corrected chi connectivity index (χ4v) is 4.92. The molecule has 0 spiro atoms. The molecule has 0 saturated carbocycles. The lowest BCUT2D eigenvalue weighted by atomic mass is 9.89. The number of hydrogen-bond donors (Lipinski definition) is 3. The van der Waals surface area contributed by atoms with Crippen molar-refractivity contribution in [3.05, 3.63) is 119 Å². The molecule has 1 saturated heterocycles. The Balaban J connectivity index is 1.53. The maximum absolute atomic E-state index is 14.0. The molecule has 1 unspecified atom stereocenters. The van der Waals surface area contributed by atoms with Crippen LogP contribution < -0.4 is 11.5 Å². The van der Waals surface area contributed by atoms with E-state index in [2.05, 4.69) is 0 Å². The zero-order valence-corrected chi connectivity index (χ0v) is 20.8. The molecular formula is C30H27N5O3. The summed E-state index contributed by atoms with van der Waals surface area (Å²) in [7, 11) is 0. The highest BCUT2D eigenvalue weighted by Gasteiger charge is 2.55. The summed E-state index contributed by atoms with van der Waals surface area (Å²) in [6.07, 6.45) is 0. The second kappa shape index (κ2) is 9.48. The first-order valence-corrected chi connectivity index (χ1v) is 12.1. The summed E-state index contributed by atoms with van der Waals surface area (Å²) in [6, 6.07) is 26.8. The molecule has 190 valence electrons. The normalized spacial score (nSPS) is 17.3. The summed E-state index contributed by atoms with van der Waals surface area (Å²) in [5.74, 6) is -0.956. The van der Waals surface area contributed by atoms with E-state index in [0.717, 1.165) is 21.9 Å². The van der Waals surface area contributed by atoms with Crippen LogP contribution in [-0.4, -0.2) is 33.5 Å². The highest BCUT2D eigenvalue weighted by molar-refractivity contribution is 6.07. The van der Waals surface area contributed by atoms with Gasteiger partial charge in [0.1, 0.15) is 11.4 Å². The highest BCUT2D eigenvalue weighted by Crippen LogP contribution is 2.39. The van der Waals surface area contributed by atoms with Gasteiger partial charge < -0.3 is 16.4 Å². The van der Waals surface area contributed by atoms with Gasteiger partial charge in [-0.25, -0.2) is 4.79 Å². The van der Waals surface area contributed by atoms with Gasteiger partial charge in [-0.3, -0.25) is 19.9 Å². The minimum atomic E-state index is -1.29. The van der Waals surface area contributed by atoms with Gasteiger partial charge in [-0.1, -0.05) is 66.7 Å². The molecule has 5 rings (SSSR count). The van der Waals surface area contributed by atoms with Crippen molar-refractivity contribution < 1.29 is 14.4 Å². The number of nitrogens with two attached hydrogens (primary N) is 2. The molecule has 8 heteroatoms. The maximum Gasteiger partial charge on any atom is 0.328 e. The second-order valence-corrected chi connectivity index (χ2v) is 9.57. The second-order valence-electron chi connectivity index (χ2n) is 9.57. The minimum Gasteiger partial charge on any atom is -0.384 e. The third-order valence-corrected chi connectivity index (χ3v) is 7.13. The molecule has 4 aromatic carbocycles. The quantitative estimate of drug-likeness (QED) is 0.198. The van der Waals surface area contributed by atoms with Gasteiger partial charge in [-0.05, 0) is 58.7 Å². The van der Waals surface area contributed by atoms with E-state index in [9.17, 15) is 14.4 Å². The number of urea groups is 1. The van der Waals surface area contributed by atoms with E-state index in [-0.39, 0.29) is 24.8 Å². The topological polar surface area (TPSA) is 134 Å². The minimum absolute atomic E-state index is 0.0307. The fraction of sp³-hybridized carbons (Fsp3) is 0.133. The Morgan fingerprint density at radius 1 is 0.789 bits per heavy atom. The number of nitrogen functional groups attached to an aromatic ring is 1. The average Bonchev–Trinajstić information content (AvgIpc) is 3.10. The van der Waals surface area contributed by atoms with Crippen molar-refractivity contribution in [1.82, 2.24) is 9.80 Å². The van der Waals surface area contributed by atoms with E-state index in [1.165, 1.54) is 4.90 Å². The van der Waals surface area contributed by atoms with Crippen LogP contribution in [0.1, 0.15) is 39.5 Å². The van der Waals surface area contributed by atoms with Gasteiger partial charge in [0.15, 0.2) is 0 Å². The molecule has 38 heavy (non-hydrogen) atoms. The summed E-state index contributed by atoms with van der Waals surface area (Å²) >= 11 is 0. The number of fused-ring (bicyclic) bond motifs is 1. The first-order chi connectivity index (χ1) is 18.2. The summed E-state index contributed by atoms with van der Waals surface area (Å²) in [4.78, 5) is 42.2. The number of primary amides is 1. The van der Waals surface area contributed by atoms with E-state index in [4.69, 9.17) is 16.9 Å². The van der Waals surface area contributed by atoms with Crippen molar-refractivity contribution in [2.45, 2.75) is 25.6 Å². The first kappa shape index (κ1) is 24.7. The summed E-state index contributed by atoms with van der Waals surface area (Å²) in [5.41, 5.74) is 12.9. The summed E-state index contributed by atoms with van der Waals surface area (Å²) in [6.45, 7) is 2.04. The number of carbonyl (C=O) groups excluding carboxylic acids is 3. The molecule has 0 radical (unpaired) electrons. The molecule has 1 heterocycles. The van der Waals surface area contributed by atoms with Crippen LogP contribution in [0.3, 0.4) is 0 Å². The SMILES string of the molecule is CC1(c2ccc(C(N)=O)cc2)C(=O)N(Cc2ccc3ccc(C(=N)N)cc3c2)C(=O)N1Cc1ccccc1. The Hall–Kier alpha value is -4.98. The van der Waals surface area contributed by atoms with Gasteiger partial charge in [0.05, 0.1) is 6.54 Å². The standard InChI is InChI=1S/C30H27N5O3/c1-30(25-13-11-22(12-14-25)27(33)36)28(37)34(29(38)35(30)18-19-5-3-2-4-6-19)17-20-7-8-21-9-10-23(26(31)32)16-24(21)15-20/h2-16H,17-18H2,1H3,(H3,31,32)(H2,33,36). The van der Waals surface area contributed by atoms with E-state index in [1.807, 2.05) is 60.7 Å². The van der Waals surface area contributed by atoms with E-state index < -0.39 is 17.5 Å². The van der Waals surface area contributed by atoms with Crippen LogP contribution in [0.2, 0.25) is 0 Å². The van der Waals surface area contributed by atoms with Crippen LogP contribution in [0.25, 0.3) is 10.8 Å².